The van der Waals surface area contributed by atoms with Gasteiger partial charge in [-0.1, -0.05) is 0 Å². The second-order valence-corrected chi connectivity index (χ2v) is 2.59. The van der Waals surface area contributed by atoms with Gasteiger partial charge in [-0.2, -0.15) is 0 Å². The van der Waals surface area contributed by atoms with E-state index in [1.807, 2.05) is 17.8 Å². The van der Waals surface area contributed by atoms with E-state index in [9.17, 15) is 0 Å². The molecular weight excluding hydrogens is 140 g/mol. The number of aryl methyl sites for hydroxylation is 1. The van der Waals surface area contributed by atoms with E-state index in [0.29, 0.717) is 13.2 Å². The van der Waals surface area contributed by atoms with Crippen molar-refractivity contribution < 1.29 is 4.74 Å². The van der Waals surface area contributed by atoms with Crippen molar-refractivity contribution in [1.82, 2.24) is 4.57 Å². The first kappa shape index (κ1) is 8.30. The van der Waals surface area contributed by atoms with Crippen LogP contribution in [0.5, 0.6) is 0 Å². The molecule has 0 aliphatic rings. The lowest BCUT2D eigenvalue weighted by Gasteiger charge is -1.95. The molecule has 1 aromatic heterocycles. The van der Waals surface area contributed by atoms with E-state index >= 15 is 0 Å². The van der Waals surface area contributed by atoms with Gasteiger partial charge in [-0.15, -0.1) is 0 Å². The van der Waals surface area contributed by atoms with Crippen LogP contribution < -0.4 is 5.73 Å². The third-order valence-corrected chi connectivity index (χ3v) is 1.68. The average molecular weight is 154 g/mol. The second-order valence-electron chi connectivity index (χ2n) is 2.59. The molecule has 3 nitrogen and oxygen atoms in total. The predicted molar refractivity (Wildman–Crippen MR) is 44.0 cm³/mol. The van der Waals surface area contributed by atoms with Crippen LogP contribution in [-0.4, -0.2) is 11.7 Å². The zero-order chi connectivity index (χ0) is 8.27. The summed E-state index contributed by atoms with van der Waals surface area (Å²) in [6, 6.07) is 2.06. The Hall–Kier alpha value is -0.800. The summed E-state index contributed by atoms with van der Waals surface area (Å²) < 4.78 is 7.01. The fraction of sp³-hybridized carbons (Fsp3) is 0.500. The Balaban J connectivity index is 2.77. The first-order chi connectivity index (χ1) is 5.27. The van der Waals surface area contributed by atoms with Crippen LogP contribution in [0.1, 0.15) is 11.3 Å². The highest BCUT2D eigenvalue weighted by Gasteiger charge is 1.99. The lowest BCUT2D eigenvalue weighted by atomic mass is 10.3. The lowest BCUT2D eigenvalue weighted by molar-refractivity contribution is 0.185. The van der Waals surface area contributed by atoms with Gasteiger partial charge in [0.2, 0.25) is 0 Å². The average Bonchev–Trinajstić information content (AvgIpc) is 2.32. The Morgan fingerprint density at radius 1 is 1.64 bits per heavy atom. The molecule has 11 heavy (non-hydrogen) atoms. The maximum absolute atomic E-state index is 5.50. The number of rotatable bonds is 3. The van der Waals surface area contributed by atoms with E-state index in [-0.39, 0.29) is 0 Å². The molecule has 62 valence electrons. The zero-order valence-electron chi connectivity index (χ0n) is 7.00. The van der Waals surface area contributed by atoms with Crippen LogP contribution >= 0.6 is 0 Å². The molecule has 2 N–H and O–H groups in total. The number of nitrogens with two attached hydrogens (primary N) is 1. The van der Waals surface area contributed by atoms with Crippen molar-refractivity contribution in [1.29, 1.82) is 0 Å². The molecular formula is C8H14N2O. The molecule has 0 spiro atoms. The first-order valence-electron chi connectivity index (χ1n) is 3.61. The van der Waals surface area contributed by atoms with Crippen molar-refractivity contribution in [3.8, 4) is 0 Å². The minimum absolute atomic E-state index is 0.584. The standard InChI is InChI=1S/C8H14N2O/c1-10-5-7(6-11-2)3-8(10)4-9/h3,5H,4,6,9H2,1-2H3. The van der Waals surface area contributed by atoms with Gasteiger partial charge in [0.15, 0.2) is 0 Å². The van der Waals surface area contributed by atoms with Crippen molar-refractivity contribution >= 4 is 0 Å². The van der Waals surface area contributed by atoms with Crippen molar-refractivity contribution in [3.05, 3.63) is 23.5 Å². The molecule has 0 amide bonds. The van der Waals surface area contributed by atoms with Crippen LogP contribution in [0, 0.1) is 0 Å². The Bertz CT molecular complexity index is 230. The van der Waals surface area contributed by atoms with Crippen molar-refractivity contribution in [3.63, 3.8) is 0 Å². The predicted octanol–water partition coefficient (Wildman–Crippen LogP) is 0.630. The van der Waals surface area contributed by atoms with E-state index in [4.69, 9.17) is 10.5 Å². The molecule has 3 heteroatoms. The van der Waals surface area contributed by atoms with Gasteiger partial charge in [-0.05, 0) is 11.6 Å². The number of aromatic nitrogens is 1. The van der Waals surface area contributed by atoms with Crippen LogP contribution in [0.25, 0.3) is 0 Å². The summed E-state index contributed by atoms with van der Waals surface area (Å²) in [4.78, 5) is 0. The van der Waals surface area contributed by atoms with E-state index in [1.54, 1.807) is 7.11 Å². The normalized spacial score (nSPS) is 10.5. The van der Waals surface area contributed by atoms with E-state index in [2.05, 4.69) is 6.07 Å². The Morgan fingerprint density at radius 2 is 2.36 bits per heavy atom. The van der Waals surface area contributed by atoms with Crippen molar-refractivity contribution in [2.45, 2.75) is 13.2 Å². The topological polar surface area (TPSA) is 40.2 Å². The van der Waals surface area contributed by atoms with Gasteiger partial charge in [0.25, 0.3) is 0 Å². The summed E-state index contributed by atoms with van der Waals surface area (Å²) in [5.41, 5.74) is 7.81. The summed E-state index contributed by atoms with van der Waals surface area (Å²) in [6.45, 7) is 1.24. The minimum atomic E-state index is 0.584. The molecule has 0 aliphatic heterocycles. The number of hydrogen-bond donors (Lipinski definition) is 1. The molecule has 0 saturated carbocycles. The summed E-state index contributed by atoms with van der Waals surface area (Å²) in [6.07, 6.45) is 2.03. The van der Waals surface area contributed by atoms with Crippen LogP contribution in [0.3, 0.4) is 0 Å². The van der Waals surface area contributed by atoms with Crippen molar-refractivity contribution in [2.24, 2.45) is 12.8 Å². The fourth-order valence-electron chi connectivity index (χ4n) is 1.13. The van der Waals surface area contributed by atoms with E-state index < -0.39 is 0 Å². The molecule has 1 aromatic rings. The molecule has 0 fully saturated rings. The highest BCUT2D eigenvalue weighted by atomic mass is 16.5. The van der Waals surface area contributed by atoms with Crippen LogP contribution in [0.2, 0.25) is 0 Å². The minimum Gasteiger partial charge on any atom is -0.380 e. The Kier molecular flexibility index (Phi) is 2.68. The summed E-state index contributed by atoms with van der Waals surface area (Å²) in [5, 5.41) is 0. The number of ether oxygens (including phenoxy) is 1. The molecule has 0 bridgehead atoms. The Morgan fingerprint density at radius 3 is 2.82 bits per heavy atom. The highest BCUT2D eigenvalue weighted by Crippen LogP contribution is 2.06. The van der Waals surface area contributed by atoms with E-state index in [1.165, 1.54) is 5.56 Å². The third kappa shape index (κ3) is 1.82. The monoisotopic (exact) mass is 154 g/mol. The van der Waals surface area contributed by atoms with Crippen LogP contribution in [0.4, 0.5) is 0 Å². The van der Waals surface area contributed by atoms with Gasteiger partial charge in [-0.25, -0.2) is 0 Å². The molecule has 0 aromatic carbocycles. The summed E-state index contributed by atoms with van der Waals surface area (Å²) in [7, 11) is 3.68. The Labute approximate surface area is 66.8 Å². The number of nitrogens with zero attached hydrogens (tertiary/aromatic N) is 1. The van der Waals surface area contributed by atoms with Gasteiger partial charge >= 0.3 is 0 Å². The molecule has 1 rings (SSSR count). The maximum Gasteiger partial charge on any atom is 0.0727 e. The lowest BCUT2D eigenvalue weighted by Crippen LogP contribution is -2.01. The second kappa shape index (κ2) is 3.55. The van der Waals surface area contributed by atoms with Crippen molar-refractivity contribution in [2.75, 3.05) is 7.11 Å². The van der Waals surface area contributed by atoms with Crippen LogP contribution in [0.15, 0.2) is 12.3 Å². The van der Waals surface area contributed by atoms with Gasteiger partial charge < -0.3 is 15.0 Å². The fourth-order valence-corrected chi connectivity index (χ4v) is 1.13. The van der Waals surface area contributed by atoms with Gasteiger partial charge in [0.05, 0.1) is 6.61 Å². The highest BCUT2D eigenvalue weighted by molar-refractivity contribution is 5.17. The quantitative estimate of drug-likeness (QED) is 0.693. The van der Waals surface area contributed by atoms with E-state index in [0.717, 1.165) is 5.69 Å². The number of methoxy groups -OCH3 is 1. The number of hydrogen-bond acceptors (Lipinski definition) is 2. The first-order valence-corrected chi connectivity index (χ1v) is 3.61. The molecule has 1 heterocycles. The molecule has 0 aliphatic carbocycles. The van der Waals surface area contributed by atoms with Crippen LogP contribution in [-0.2, 0) is 24.9 Å². The SMILES string of the molecule is COCc1cc(CN)n(C)c1. The molecule has 0 unspecified atom stereocenters. The van der Waals surface area contributed by atoms with Gasteiger partial charge in [0, 0.05) is 32.6 Å². The maximum atomic E-state index is 5.50. The van der Waals surface area contributed by atoms with Gasteiger partial charge in [0.1, 0.15) is 0 Å². The summed E-state index contributed by atoms with van der Waals surface area (Å²) in [5.74, 6) is 0. The molecule has 0 radical (unpaired) electrons. The third-order valence-electron chi connectivity index (χ3n) is 1.68. The molecule has 0 saturated heterocycles. The summed E-state index contributed by atoms with van der Waals surface area (Å²) >= 11 is 0. The zero-order valence-corrected chi connectivity index (χ0v) is 7.00. The molecule has 0 atom stereocenters. The largest absolute Gasteiger partial charge is 0.380 e. The van der Waals surface area contributed by atoms with Gasteiger partial charge in [-0.3, -0.25) is 0 Å². The smallest absolute Gasteiger partial charge is 0.0727 e.